The molecule has 214 valence electrons. The van der Waals surface area contributed by atoms with Crippen LogP contribution in [0.1, 0.15) is 44.4 Å². The average molecular weight is 605 g/mol. The summed E-state index contributed by atoms with van der Waals surface area (Å²) in [5.41, 5.74) is 1.84. The van der Waals surface area contributed by atoms with Gasteiger partial charge in [0.2, 0.25) is 11.8 Å². The van der Waals surface area contributed by atoms with E-state index in [2.05, 4.69) is 5.32 Å². The van der Waals surface area contributed by atoms with Crippen molar-refractivity contribution < 1.29 is 18.0 Å². The van der Waals surface area contributed by atoms with Gasteiger partial charge in [0.15, 0.2) is 0 Å². The molecule has 0 saturated heterocycles. The van der Waals surface area contributed by atoms with Crippen molar-refractivity contribution in [2.45, 2.75) is 64.6 Å². The van der Waals surface area contributed by atoms with Crippen LogP contribution in [0.5, 0.6) is 0 Å². The molecule has 0 saturated carbocycles. The normalized spacial score (nSPS) is 12.5. The second kappa shape index (κ2) is 12.6. The molecule has 0 spiro atoms. The lowest BCUT2D eigenvalue weighted by molar-refractivity contribution is -0.140. The van der Waals surface area contributed by atoms with Crippen LogP contribution in [-0.4, -0.2) is 43.3 Å². The number of carbonyl (C=O) groups is 2. The number of nitrogens with one attached hydrogen (secondary N) is 1. The molecule has 0 aliphatic carbocycles. The van der Waals surface area contributed by atoms with Crippen molar-refractivity contribution in [1.82, 2.24) is 10.2 Å². The molecule has 40 heavy (non-hydrogen) atoms. The van der Waals surface area contributed by atoms with Gasteiger partial charge in [-0.05, 0) is 89.1 Å². The molecule has 0 fully saturated rings. The van der Waals surface area contributed by atoms with Crippen LogP contribution < -0.4 is 9.62 Å². The van der Waals surface area contributed by atoms with Crippen LogP contribution in [-0.2, 0) is 26.2 Å². The van der Waals surface area contributed by atoms with Gasteiger partial charge >= 0.3 is 0 Å². The van der Waals surface area contributed by atoms with E-state index in [1.807, 2.05) is 27.7 Å². The maximum absolute atomic E-state index is 14.0. The van der Waals surface area contributed by atoms with E-state index >= 15 is 0 Å². The molecule has 0 radical (unpaired) electrons. The highest BCUT2D eigenvalue weighted by Gasteiger charge is 2.34. The summed E-state index contributed by atoms with van der Waals surface area (Å²) in [5, 5.41) is 3.75. The molecule has 0 aliphatic heterocycles. The lowest BCUT2D eigenvalue weighted by atomic mass is 10.1. The summed E-state index contributed by atoms with van der Waals surface area (Å²) in [6, 6.07) is 17.4. The lowest BCUT2D eigenvalue weighted by Crippen LogP contribution is -2.54. The third-order valence-corrected chi connectivity index (χ3v) is 8.72. The lowest BCUT2D eigenvalue weighted by Gasteiger charge is -2.34. The zero-order valence-electron chi connectivity index (χ0n) is 23.5. The zero-order valence-corrected chi connectivity index (χ0v) is 25.9. The minimum Gasteiger partial charge on any atom is -0.350 e. The van der Waals surface area contributed by atoms with E-state index in [4.69, 9.17) is 23.2 Å². The Morgan fingerprint density at radius 1 is 0.950 bits per heavy atom. The Morgan fingerprint density at radius 3 is 2.17 bits per heavy atom. The first-order chi connectivity index (χ1) is 18.6. The van der Waals surface area contributed by atoms with E-state index in [0.717, 1.165) is 9.87 Å². The molecule has 3 rings (SSSR count). The predicted molar refractivity (Wildman–Crippen MR) is 161 cm³/mol. The van der Waals surface area contributed by atoms with Crippen LogP contribution in [0.2, 0.25) is 10.0 Å². The Labute approximate surface area is 247 Å². The highest BCUT2D eigenvalue weighted by Crippen LogP contribution is 2.31. The average Bonchev–Trinajstić information content (AvgIpc) is 2.86. The largest absolute Gasteiger partial charge is 0.350 e. The van der Waals surface area contributed by atoms with Crippen molar-refractivity contribution in [3.8, 4) is 0 Å². The molecule has 7 nitrogen and oxygen atoms in total. The predicted octanol–water partition coefficient (Wildman–Crippen LogP) is 6.14. The van der Waals surface area contributed by atoms with E-state index in [1.54, 1.807) is 68.4 Å². The Hall–Kier alpha value is -3.07. The topological polar surface area (TPSA) is 86.8 Å². The monoisotopic (exact) mass is 603 g/mol. The minimum atomic E-state index is -4.19. The Bertz CT molecular complexity index is 1490. The van der Waals surface area contributed by atoms with Crippen LogP contribution >= 0.6 is 23.2 Å². The third-order valence-electron chi connectivity index (χ3n) is 6.30. The van der Waals surface area contributed by atoms with Crippen LogP contribution in [0.15, 0.2) is 71.6 Å². The first kappa shape index (κ1) is 31.5. The van der Waals surface area contributed by atoms with Crippen LogP contribution in [0.3, 0.4) is 0 Å². The SMILES string of the molecule is Cc1ccc(S(=O)(=O)N(CC(=O)N(Cc2cccc(Cl)c2)[C@H](C)C(=O)NC(C)(C)C)c2cccc(Cl)c2C)cc1. The zero-order chi connectivity index (χ0) is 29.8. The number of hydrogen-bond donors (Lipinski definition) is 1. The quantitative estimate of drug-likeness (QED) is 0.318. The number of rotatable bonds is 9. The number of hydrogen-bond acceptors (Lipinski definition) is 4. The van der Waals surface area contributed by atoms with Crippen LogP contribution in [0.25, 0.3) is 0 Å². The Balaban J connectivity index is 2.08. The van der Waals surface area contributed by atoms with E-state index in [1.165, 1.54) is 17.0 Å². The number of aryl methyl sites for hydroxylation is 1. The van der Waals surface area contributed by atoms with Gasteiger partial charge in [-0.1, -0.05) is 59.1 Å². The van der Waals surface area contributed by atoms with Crippen molar-refractivity contribution in [2.24, 2.45) is 0 Å². The molecule has 10 heteroatoms. The fourth-order valence-corrected chi connectivity index (χ4v) is 5.96. The van der Waals surface area contributed by atoms with Gasteiger partial charge in [-0.15, -0.1) is 0 Å². The summed E-state index contributed by atoms with van der Waals surface area (Å²) in [6.07, 6.45) is 0. The number of anilines is 1. The number of halogens is 2. The fraction of sp³-hybridized carbons (Fsp3) is 0.333. The van der Waals surface area contributed by atoms with Gasteiger partial charge in [-0.2, -0.15) is 0 Å². The molecule has 1 N–H and O–H groups in total. The van der Waals surface area contributed by atoms with Crippen molar-refractivity contribution in [3.05, 3.63) is 93.5 Å². The highest BCUT2D eigenvalue weighted by molar-refractivity contribution is 7.92. The van der Waals surface area contributed by atoms with E-state index < -0.39 is 34.1 Å². The van der Waals surface area contributed by atoms with Gasteiger partial charge in [0.1, 0.15) is 12.6 Å². The smallest absolute Gasteiger partial charge is 0.264 e. The van der Waals surface area contributed by atoms with Gasteiger partial charge in [-0.25, -0.2) is 8.42 Å². The minimum absolute atomic E-state index is 0.0326. The number of amides is 2. The van der Waals surface area contributed by atoms with Crippen molar-refractivity contribution in [3.63, 3.8) is 0 Å². The molecule has 3 aromatic carbocycles. The Kier molecular flexibility index (Phi) is 9.93. The number of nitrogens with zero attached hydrogens (tertiary/aromatic N) is 2. The van der Waals surface area contributed by atoms with E-state index in [9.17, 15) is 18.0 Å². The maximum Gasteiger partial charge on any atom is 0.264 e. The molecule has 0 aromatic heterocycles. The Morgan fingerprint density at radius 2 is 1.57 bits per heavy atom. The van der Waals surface area contributed by atoms with Crippen LogP contribution in [0, 0.1) is 13.8 Å². The maximum atomic E-state index is 14.0. The van der Waals surface area contributed by atoms with E-state index in [0.29, 0.717) is 21.2 Å². The van der Waals surface area contributed by atoms with Gasteiger partial charge in [-0.3, -0.25) is 13.9 Å². The molecule has 0 bridgehead atoms. The highest BCUT2D eigenvalue weighted by atomic mass is 35.5. The molecule has 3 aromatic rings. The molecule has 1 atom stereocenters. The number of sulfonamides is 1. The summed E-state index contributed by atoms with van der Waals surface area (Å²) < 4.78 is 29.0. The first-order valence-electron chi connectivity index (χ1n) is 12.8. The van der Waals surface area contributed by atoms with Crippen LogP contribution in [0.4, 0.5) is 5.69 Å². The molecule has 0 aliphatic rings. The standard InChI is InChI=1S/C30H35Cl2N3O4S/c1-20-13-15-25(16-14-20)40(38,39)35(27-12-8-11-26(32)21(27)2)19-28(36)34(18-23-9-7-10-24(31)17-23)22(3)29(37)33-30(4,5)6/h7-17,22H,18-19H2,1-6H3,(H,33,37)/t22-/m1/s1. The molecule has 0 unspecified atom stereocenters. The van der Waals surface area contributed by atoms with Gasteiger partial charge < -0.3 is 10.2 Å². The number of carbonyl (C=O) groups excluding carboxylic acids is 2. The van der Waals surface area contributed by atoms with Gasteiger partial charge in [0.25, 0.3) is 10.0 Å². The molecule has 0 heterocycles. The summed E-state index contributed by atoms with van der Waals surface area (Å²) >= 11 is 12.6. The van der Waals surface area contributed by atoms with Crippen molar-refractivity contribution >= 4 is 50.7 Å². The van der Waals surface area contributed by atoms with Crippen molar-refractivity contribution in [2.75, 3.05) is 10.8 Å². The summed E-state index contributed by atoms with van der Waals surface area (Å²) in [4.78, 5) is 28.6. The van der Waals surface area contributed by atoms with Gasteiger partial charge in [0, 0.05) is 22.1 Å². The summed E-state index contributed by atoms with van der Waals surface area (Å²) in [7, 11) is -4.19. The first-order valence-corrected chi connectivity index (χ1v) is 15.0. The molecular weight excluding hydrogens is 569 g/mol. The van der Waals surface area contributed by atoms with E-state index in [-0.39, 0.29) is 23.0 Å². The van der Waals surface area contributed by atoms with Gasteiger partial charge in [0.05, 0.1) is 10.6 Å². The fourth-order valence-electron chi connectivity index (χ4n) is 4.11. The second-order valence-electron chi connectivity index (χ2n) is 10.8. The molecule has 2 amide bonds. The number of benzene rings is 3. The summed E-state index contributed by atoms with van der Waals surface area (Å²) in [6.45, 7) is 10.2. The van der Waals surface area contributed by atoms with Crippen molar-refractivity contribution in [1.29, 1.82) is 0 Å². The third kappa shape index (κ3) is 7.77. The second-order valence-corrected chi connectivity index (χ2v) is 13.5. The summed E-state index contributed by atoms with van der Waals surface area (Å²) in [5.74, 6) is -0.929. The molecular formula is C30H35Cl2N3O4S.